The third-order valence-corrected chi connectivity index (χ3v) is 6.52. The summed E-state index contributed by atoms with van der Waals surface area (Å²) in [5, 5.41) is 3.55. The largest absolute Gasteiger partial charge is 0.314 e. The molecule has 0 aromatic carbocycles. The molecule has 2 aliphatic rings. The van der Waals surface area contributed by atoms with Crippen LogP contribution in [0.5, 0.6) is 0 Å². The second kappa shape index (κ2) is 5.91. The molecule has 0 aromatic heterocycles. The fourth-order valence-electron chi connectivity index (χ4n) is 3.65. The van der Waals surface area contributed by atoms with Gasteiger partial charge in [-0.15, -0.1) is 0 Å². The van der Waals surface area contributed by atoms with Crippen molar-refractivity contribution in [1.29, 1.82) is 0 Å². The van der Waals surface area contributed by atoms with Gasteiger partial charge in [-0.05, 0) is 50.5 Å². The van der Waals surface area contributed by atoms with E-state index >= 15 is 0 Å². The van der Waals surface area contributed by atoms with Crippen LogP contribution in [-0.2, 0) is 9.84 Å². The molecule has 0 aromatic rings. The van der Waals surface area contributed by atoms with E-state index in [-0.39, 0.29) is 5.25 Å². The molecule has 2 fully saturated rings. The average molecular weight is 273 g/mol. The maximum atomic E-state index is 11.7. The number of rotatable bonds is 5. The minimum atomic E-state index is -2.85. The molecular formula is C14H27NO2S. The van der Waals surface area contributed by atoms with Gasteiger partial charge in [-0.1, -0.05) is 19.8 Å². The lowest BCUT2D eigenvalue weighted by atomic mass is 9.71. The van der Waals surface area contributed by atoms with E-state index in [9.17, 15) is 8.42 Å². The monoisotopic (exact) mass is 273 g/mol. The highest BCUT2D eigenvalue weighted by Crippen LogP contribution is 2.39. The maximum Gasteiger partial charge on any atom is 0.150 e. The highest BCUT2D eigenvalue weighted by atomic mass is 32.2. The van der Waals surface area contributed by atoms with Gasteiger partial charge in [0.05, 0.1) is 5.25 Å². The SMILES string of the molecule is CCNC(C1CCC1)C1CCCC(S(C)(=O)=O)C1. The quantitative estimate of drug-likeness (QED) is 0.836. The minimum absolute atomic E-state index is 0.0857. The van der Waals surface area contributed by atoms with Crippen LogP contribution in [0.2, 0.25) is 0 Å². The van der Waals surface area contributed by atoms with Crippen LogP contribution >= 0.6 is 0 Å². The Bertz CT molecular complexity index is 362. The Hall–Kier alpha value is -0.0900. The van der Waals surface area contributed by atoms with E-state index in [0.29, 0.717) is 12.0 Å². The van der Waals surface area contributed by atoms with Gasteiger partial charge in [0.1, 0.15) is 9.84 Å². The van der Waals surface area contributed by atoms with Crippen molar-refractivity contribution in [1.82, 2.24) is 5.32 Å². The summed E-state index contributed by atoms with van der Waals surface area (Å²) >= 11 is 0. The molecule has 2 saturated carbocycles. The lowest BCUT2D eigenvalue weighted by Gasteiger charge is -2.42. The highest BCUT2D eigenvalue weighted by Gasteiger charge is 2.37. The Morgan fingerprint density at radius 3 is 2.22 bits per heavy atom. The standard InChI is InChI=1S/C14H27NO2S/c1-3-15-14(11-6-4-7-11)12-8-5-9-13(10-12)18(2,16)17/h11-15H,3-10H2,1-2H3. The molecule has 3 atom stereocenters. The predicted molar refractivity (Wildman–Crippen MR) is 75.4 cm³/mol. The molecule has 0 spiro atoms. The molecule has 2 rings (SSSR count). The molecule has 3 unspecified atom stereocenters. The summed E-state index contributed by atoms with van der Waals surface area (Å²) in [6.07, 6.45) is 9.47. The molecule has 0 aliphatic heterocycles. The molecule has 18 heavy (non-hydrogen) atoms. The van der Waals surface area contributed by atoms with Gasteiger partial charge < -0.3 is 5.32 Å². The summed E-state index contributed by atoms with van der Waals surface area (Å²) in [4.78, 5) is 0. The van der Waals surface area contributed by atoms with E-state index in [1.165, 1.54) is 31.9 Å². The number of nitrogens with one attached hydrogen (secondary N) is 1. The van der Waals surface area contributed by atoms with Gasteiger partial charge >= 0.3 is 0 Å². The summed E-state index contributed by atoms with van der Waals surface area (Å²) in [5.74, 6) is 1.37. The van der Waals surface area contributed by atoms with Gasteiger partial charge in [0.25, 0.3) is 0 Å². The first-order valence-electron chi connectivity index (χ1n) is 7.44. The molecule has 0 amide bonds. The Labute approximate surface area is 112 Å². The van der Waals surface area contributed by atoms with Crippen molar-refractivity contribution in [3.63, 3.8) is 0 Å². The van der Waals surface area contributed by atoms with Crippen molar-refractivity contribution < 1.29 is 8.42 Å². The van der Waals surface area contributed by atoms with Crippen molar-refractivity contribution >= 4 is 9.84 Å². The van der Waals surface area contributed by atoms with Gasteiger partial charge in [0.15, 0.2) is 0 Å². The van der Waals surface area contributed by atoms with Crippen LogP contribution in [0.4, 0.5) is 0 Å². The molecule has 0 bridgehead atoms. The first-order valence-corrected chi connectivity index (χ1v) is 9.40. The third kappa shape index (κ3) is 3.27. The molecule has 0 radical (unpaired) electrons. The zero-order valence-corrected chi connectivity index (χ0v) is 12.5. The maximum absolute atomic E-state index is 11.7. The van der Waals surface area contributed by atoms with Crippen LogP contribution in [0, 0.1) is 11.8 Å². The molecule has 0 heterocycles. The van der Waals surface area contributed by atoms with Crippen LogP contribution in [0.3, 0.4) is 0 Å². The summed E-state index contributed by atoms with van der Waals surface area (Å²) in [6.45, 7) is 3.16. The number of hydrogen-bond acceptors (Lipinski definition) is 3. The van der Waals surface area contributed by atoms with E-state index in [4.69, 9.17) is 0 Å². The van der Waals surface area contributed by atoms with Gasteiger partial charge in [-0.25, -0.2) is 8.42 Å². The van der Waals surface area contributed by atoms with E-state index in [0.717, 1.165) is 31.7 Å². The van der Waals surface area contributed by atoms with Crippen LogP contribution in [0.25, 0.3) is 0 Å². The summed E-state index contributed by atoms with van der Waals surface area (Å²) in [7, 11) is -2.85. The lowest BCUT2D eigenvalue weighted by Crippen LogP contribution is -2.47. The van der Waals surface area contributed by atoms with E-state index in [1.54, 1.807) is 0 Å². The minimum Gasteiger partial charge on any atom is -0.314 e. The topological polar surface area (TPSA) is 46.2 Å². The molecule has 0 saturated heterocycles. The highest BCUT2D eigenvalue weighted by molar-refractivity contribution is 7.91. The van der Waals surface area contributed by atoms with Gasteiger partial charge in [-0.3, -0.25) is 0 Å². The fourth-order valence-corrected chi connectivity index (χ4v) is 4.84. The number of hydrogen-bond donors (Lipinski definition) is 1. The van der Waals surface area contributed by atoms with E-state index in [1.807, 2.05) is 0 Å². The second-order valence-corrected chi connectivity index (χ2v) is 8.48. The number of sulfone groups is 1. The van der Waals surface area contributed by atoms with Gasteiger partial charge in [0.2, 0.25) is 0 Å². The van der Waals surface area contributed by atoms with Crippen molar-refractivity contribution in [2.75, 3.05) is 12.8 Å². The third-order valence-electron chi connectivity index (χ3n) is 4.88. The Morgan fingerprint density at radius 1 is 1.11 bits per heavy atom. The zero-order chi connectivity index (χ0) is 13.2. The van der Waals surface area contributed by atoms with Crippen LogP contribution < -0.4 is 5.32 Å². The molecular weight excluding hydrogens is 246 g/mol. The zero-order valence-electron chi connectivity index (χ0n) is 11.7. The van der Waals surface area contributed by atoms with Crippen LogP contribution in [0.15, 0.2) is 0 Å². The van der Waals surface area contributed by atoms with Crippen LogP contribution in [-0.4, -0.2) is 32.5 Å². The first-order chi connectivity index (χ1) is 8.52. The Morgan fingerprint density at radius 2 is 1.72 bits per heavy atom. The van der Waals surface area contributed by atoms with Crippen LogP contribution in [0.1, 0.15) is 51.9 Å². The fraction of sp³-hybridized carbons (Fsp3) is 1.00. The summed E-state index contributed by atoms with van der Waals surface area (Å²) in [6, 6.07) is 0.563. The normalized spacial score (nSPS) is 31.9. The Balaban J connectivity index is 2.01. The van der Waals surface area contributed by atoms with E-state index in [2.05, 4.69) is 12.2 Å². The van der Waals surface area contributed by atoms with Crippen molar-refractivity contribution in [2.45, 2.75) is 63.2 Å². The molecule has 2 aliphatic carbocycles. The van der Waals surface area contributed by atoms with Crippen molar-refractivity contribution in [3.8, 4) is 0 Å². The summed E-state index contributed by atoms with van der Waals surface area (Å²) in [5.41, 5.74) is 0. The predicted octanol–water partition coefficient (Wildman–Crippen LogP) is 2.37. The summed E-state index contributed by atoms with van der Waals surface area (Å²) < 4.78 is 23.5. The molecule has 106 valence electrons. The smallest absolute Gasteiger partial charge is 0.150 e. The second-order valence-electron chi connectivity index (χ2n) is 6.15. The lowest BCUT2D eigenvalue weighted by molar-refractivity contribution is 0.149. The average Bonchev–Trinajstić information content (AvgIpc) is 2.25. The van der Waals surface area contributed by atoms with Gasteiger partial charge in [0, 0.05) is 12.3 Å². The first kappa shape index (κ1) is 14.3. The van der Waals surface area contributed by atoms with Crippen molar-refractivity contribution in [2.24, 2.45) is 11.8 Å². The Kier molecular flexibility index (Phi) is 4.70. The molecule has 4 heteroatoms. The molecule has 3 nitrogen and oxygen atoms in total. The van der Waals surface area contributed by atoms with Gasteiger partial charge in [-0.2, -0.15) is 0 Å². The van der Waals surface area contributed by atoms with Crippen molar-refractivity contribution in [3.05, 3.63) is 0 Å². The molecule has 1 N–H and O–H groups in total. The van der Waals surface area contributed by atoms with E-state index < -0.39 is 9.84 Å².